The first-order valence-electron chi connectivity index (χ1n) is 8.13. The van der Waals surface area contributed by atoms with Crippen LogP contribution in [-0.4, -0.2) is 28.7 Å². The standard InChI is InChI=1S/C18H19ClN4OS/c19-12-6-3-11(4-7-12)5-8-14-15(10-13-2-1-9-21-13)22-23-16(17(14)25)18(20)24/h3-8,13,21H,1-2,9-10H2,(H2,20,24)(H,22,25)/b8-5+. The third-order valence-corrected chi connectivity index (χ3v) is 4.91. The van der Waals surface area contributed by atoms with E-state index in [1.165, 1.54) is 0 Å². The Morgan fingerprint density at radius 3 is 2.76 bits per heavy atom. The van der Waals surface area contributed by atoms with Crippen LogP contribution in [0.4, 0.5) is 0 Å². The van der Waals surface area contributed by atoms with E-state index in [2.05, 4.69) is 15.5 Å². The van der Waals surface area contributed by atoms with Crippen LogP contribution in [0, 0.1) is 4.51 Å². The van der Waals surface area contributed by atoms with Crippen molar-refractivity contribution in [1.82, 2.24) is 15.5 Å². The van der Waals surface area contributed by atoms with Crippen molar-refractivity contribution in [2.75, 3.05) is 6.54 Å². The molecule has 0 saturated carbocycles. The lowest BCUT2D eigenvalue weighted by Crippen LogP contribution is -2.25. The summed E-state index contributed by atoms with van der Waals surface area (Å²) in [5.74, 6) is -0.632. The molecule has 1 aliphatic heterocycles. The number of carbonyl (C=O) groups excluding carboxylic acids is 1. The fraction of sp³-hybridized carbons (Fsp3) is 0.278. The largest absolute Gasteiger partial charge is 0.364 e. The highest BCUT2D eigenvalue weighted by atomic mass is 35.5. The van der Waals surface area contributed by atoms with Crippen molar-refractivity contribution in [1.29, 1.82) is 0 Å². The summed E-state index contributed by atoms with van der Waals surface area (Å²) >= 11 is 11.4. The van der Waals surface area contributed by atoms with Gasteiger partial charge in [0, 0.05) is 28.7 Å². The predicted molar refractivity (Wildman–Crippen MR) is 103 cm³/mol. The van der Waals surface area contributed by atoms with Crippen molar-refractivity contribution in [2.24, 2.45) is 5.73 Å². The maximum Gasteiger partial charge on any atom is 0.270 e. The van der Waals surface area contributed by atoms with E-state index in [1.54, 1.807) is 0 Å². The molecule has 3 rings (SSSR count). The van der Waals surface area contributed by atoms with Gasteiger partial charge in [0.15, 0.2) is 5.69 Å². The normalized spacial score (nSPS) is 17.2. The Hall–Kier alpha value is -2.02. The minimum Gasteiger partial charge on any atom is -0.364 e. The molecule has 4 N–H and O–H groups in total. The zero-order valence-corrected chi connectivity index (χ0v) is 15.2. The van der Waals surface area contributed by atoms with Gasteiger partial charge in [-0.3, -0.25) is 9.89 Å². The Balaban J connectivity index is 1.97. The van der Waals surface area contributed by atoms with E-state index in [0.717, 1.165) is 42.6 Å². The third kappa shape index (κ3) is 4.34. The lowest BCUT2D eigenvalue weighted by Gasteiger charge is -2.13. The van der Waals surface area contributed by atoms with Crippen LogP contribution in [0.1, 0.15) is 40.2 Å². The van der Waals surface area contributed by atoms with Crippen LogP contribution in [-0.2, 0) is 6.42 Å². The van der Waals surface area contributed by atoms with E-state index in [0.29, 0.717) is 15.6 Å². The topological polar surface area (TPSA) is 83.8 Å². The zero-order valence-electron chi connectivity index (χ0n) is 13.6. The van der Waals surface area contributed by atoms with E-state index >= 15 is 0 Å². The monoisotopic (exact) mass is 374 g/mol. The van der Waals surface area contributed by atoms with Gasteiger partial charge in [-0.05, 0) is 37.1 Å². The molecule has 2 heterocycles. The molecule has 0 spiro atoms. The first-order valence-corrected chi connectivity index (χ1v) is 8.91. The summed E-state index contributed by atoms with van der Waals surface area (Å²) in [6.45, 7) is 1.02. The fourth-order valence-electron chi connectivity index (χ4n) is 2.93. The van der Waals surface area contributed by atoms with E-state index in [1.807, 2.05) is 36.4 Å². The van der Waals surface area contributed by atoms with Gasteiger partial charge in [-0.15, -0.1) is 0 Å². The van der Waals surface area contributed by atoms with Crippen molar-refractivity contribution < 1.29 is 4.79 Å². The molecule has 1 atom stereocenters. The molecular weight excluding hydrogens is 356 g/mol. The van der Waals surface area contributed by atoms with E-state index in [9.17, 15) is 4.79 Å². The van der Waals surface area contributed by atoms with Gasteiger partial charge in [0.2, 0.25) is 0 Å². The molecule has 1 aromatic heterocycles. The summed E-state index contributed by atoms with van der Waals surface area (Å²) in [4.78, 5) is 11.6. The molecule has 0 aliphatic carbocycles. The van der Waals surface area contributed by atoms with Gasteiger partial charge in [0.05, 0.1) is 4.51 Å². The second-order valence-corrected chi connectivity index (χ2v) is 6.88. The highest BCUT2D eigenvalue weighted by Crippen LogP contribution is 2.19. The molecule has 7 heteroatoms. The van der Waals surface area contributed by atoms with Crippen LogP contribution in [0.25, 0.3) is 12.2 Å². The number of benzene rings is 1. The highest BCUT2D eigenvalue weighted by Gasteiger charge is 2.18. The molecular formula is C18H19ClN4OS. The average Bonchev–Trinajstić information content (AvgIpc) is 3.09. The molecule has 1 aliphatic rings. The van der Waals surface area contributed by atoms with Gasteiger partial charge < -0.3 is 11.1 Å². The van der Waals surface area contributed by atoms with Gasteiger partial charge >= 0.3 is 0 Å². The Bertz CT molecular complexity index is 854. The maximum absolute atomic E-state index is 11.6. The predicted octanol–water partition coefficient (Wildman–Crippen LogP) is 3.36. The van der Waals surface area contributed by atoms with Crippen molar-refractivity contribution in [3.63, 3.8) is 0 Å². The van der Waals surface area contributed by atoms with E-state index in [-0.39, 0.29) is 5.69 Å². The number of nitrogens with zero attached hydrogens (tertiary/aromatic N) is 1. The Morgan fingerprint density at radius 2 is 2.12 bits per heavy atom. The van der Waals surface area contributed by atoms with Crippen molar-refractivity contribution in [3.8, 4) is 0 Å². The minimum absolute atomic E-state index is 0.0916. The number of rotatable bonds is 5. The Kier molecular flexibility index (Phi) is 5.63. The Labute approximate surface area is 156 Å². The number of primary amides is 1. The molecule has 5 nitrogen and oxygen atoms in total. The summed E-state index contributed by atoms with van der Waals surface area (Å²) in [6, 6.07) is 7.87. The third-order valence-electron chi connectivity index (χ3n) is 4.25. The van der Waals surface area contributed by atoms with Gasteiger partial charge in [-0.25, -0.2) is 0 Å². The van der Waals surface area contributed by atoms with Crippen LogP contribution in [0.2, 0.25) is 5.02 Å². The molecule has 130 valence electrons. The van der Waals surface area contributed by atoms with Crippen LogP contribution in [0.3, 0.4) is 0 Å². The van der Waals surface area contributed by atoms with Crippen LogP contribution < -0.4 is 11.1 Å². The number of carbonyl (C=O) groups is 1. The molecule has 25 heavy (non-hydrogen) atoms. The number of hydrogen-bond donors (Lipinski definition) is 3. The van der Waals surface area contributed by atoms with Crippen LogP contribution in [0.15, 0.2) is 24.3 Å². The first-order chi connectivity index (χ1) is 12.0. The summed E-state index contributed by atoms with van der Waals surface area (Å²) in [6.07, 6.45) is 6.88. The van der Waals surface area contributed by atoms with Gasteiger partial charge in [-0.1, -0.05) is 48.1 Å². The number of hydrogen-bond acceptors (Lipinski definition) is 4. The number of amides is 1. The van der Waals surface area contributed by atoms with Crippen LogP contribution in [0.5, 0.6) is 0 Å². The smallest absolute Gasteiger partial charge is 0.270 e. The quantitative estimate of drug-likeness (QED) is 0.701. The highest BCUT2D eigenvalue weighted by molar-refractivity contribution is 7.71. The second kappa shape index (κ2) is 7.91. The number of halogens is 1. The summed E-state index contributed by atoms with van der Waals surface area (Å²) < 4.78 is 0.379. The zero-order chi connectivity index (χ0) is 17.8. The number of aromatic nitrogens is 2. The molecule has 1 fully saturated rings. The molecule has 2 aromatic rings. The minimum atomic E-state index is -0.632. The van der Waals surface area contributed by atoms with E-state index < -0.39 is 5.91 Å². The summed E-state index contributed by atoms with van der Waals surface area (Å²) in [5, 5.41) is 11.2. The summed E-state index contributed by atoms with van der Waals surface area (Å²) in [7, 11) is 0. The van der Waals surface area contributed by atoms with Gasteiger partial charge in [0.25, 0.3) is 5.91 Å². The van der Waals surface area contributed by atoms with Gasteiger partial charge in [0.1, 0.15) is 0 Å². The average molecular weight is 375 g/mol. The lowest BCUT2D eigenvalue weighted by molar-refractivity contribution is 0.0994. The van der Waals surface area contributed by atoms with Gasteiger partial charge in [-0.2, -0.15) is 5.10 Å². The van der Waals surface area contributed by atoms with Crippen molar-refractivity contribution in [2.45, 2.75) is 25.3 Å². The second-order valence-electron chi connectivity index (χ2n) is 6.04. The molecule has 1 saturated heterocycles. The van der Waals surface area contributed by atoms with Crippen molar-refractivity contribution >= 4 is 41.9 Å². The number of nitrogens with one attached hydrogen (secondary N) is 2. The maximum atomic E-state index is 11.6. The SMILES string of the molecule is NC(=O)c1n[nH]c(CC2CCCN2)c(/C=C/c2ccc(Cl)cc2)c1=S. The molecule has 1 unspecified atom stereocenters. The molecule has 0 bridgehead atoms. The lowest BCUT2D eigenvalue weighted by atomic mass is 10.0. The number of H-pyrrole nitrogens is 1. The molecule has 0 radical (unpaired) electrons. The fourth-order valence-corrected chi connectivity index (χ4v) is 3.39. The summed E-state index contributed by atoms with van der Waals surface area (Å²) in [5.41, 5.74) is 8.14. The first kappa shape index (κ1) is 17.8. The Morgan fingerprint density at radius 1 is 1.36 bits per heavy atom. The molecule has 1 aromatic carbocycles. The molecule has 1 amide bonds. The van der Waals surface area contributed by atoms with Crippen molar-refractivity contribution in [3.05, 3.63) is 56.3 Å². The van der Waals surface area contributed by atoms with Crippen LogP contribution >= 0.6 is 23.8 Å². The van der Waals surface area contributed by atoms with E-state index in [4.69, 9.17) is 29.6 Å². The number of nitrogens with two attached hydrogens (primary N) is 1. The number of aromatic amines is 1.